The first kappa shape index (κ1) is 17.3. The Morgan fingerprint density at radius 2 is 1.90 bits per heavy atom. The summed E-state index contributed by atoms with van der Waals surface area (Å²) in [6, 6.07) is 8.43. The van der Waals surface area contributed by atoms with Crippen LogP contribution in [0, 0.1) is 17.8 Å². The Morgan fingerprint density at radius 1 is 1.00 bits per heavy atom. The Bertz CT molecular complexity index is 1000. The molecule has 0 amide bonds. The van der Waals surface area contributed by atoms with E-state index in [4.69, 9.17) is 0 Å². The number of aromatic nitrogens is 4. The molecule has 2 saturated carbocycles. The molecule has 148 valence electrons. The quantitative estimate of drug-likeness (QED) is 0.807. The lowest BCUT2D eigenvalue weighted by molar-refractivity contribution is -0.115. The molecule has 4 aliphatic rings. The number of hydrogen-bond acceptors (Lipinski definition) is 4. The van der Waals surface area contributed by atoms with Crippen LogP contribution in [0.2, 0.25) is 0 Å². The number of hydrogen-bond donors (Lipinski definition) is 1. The zero-order chi connectivity index (χ0) is 19.4. The molecule has 1 heterocycles. The standard InChI is InChI=1S/C24H26N4O/c29-18-12-17-9-10-20-19-3-1-2-14(19)8-11-21(20)23(17)22(13-18)15-4-6-16(7-5-15)24-25-27-28-26-24/h4-7,12,14,19-20,22H,1-3,8-11,13H2,(H,25,26,27,28). The monoisotopic (exact) mass is 386 g/mol. The number of carbonyl (C=O) groups is 1. The number of allylic oxidation sites excluding steroid dienone is 4. The third-order valence-corrected chi connectivity index (χ3v) is 7.89. The van der Waals surface area contributed by atoms with Gasteiger partial charge in [-0.15, -0.1) is 10.2 Å². The molecular formula is C24H26N4O. The van der Waals surface area contributed by atoms with Crippen molar-refractivity contribution in [1.82, 2.24) is 20.6 Å². The van der Waals surface area contributed by atoms with Crippen molar-refractivity contribution in [2.24, 2.45) is 17.8 Å². The predicted octanol–water partition coefficient (Wildman–Crippen LogP) is 4.77. The number of tetrazole rings is 1. The fourth-order valence-electron chi connectivity index (χ4n) is 6.70. The second kappa shape index (κ2) is 6.75. The Kier molecular flexibility index (Phi) is 4.03. The highest BCUT2D eigenvalue weighted by molar-refractivity contribution is 5.94. The normalized spacial score (nSPS) is 31.2. The van der Waals surface area contributed by atoms with E-state index in [0.717, 1.165) is 29.7 Å². The summed E-state index contributed by atoms with van der Waals surface area (Å²) < 4.78 is 0. The van der Waals surface area contributed by atoms with Gasteiger partial charge in [-0.25, -0.2) is 0 Å². The molecule has 2 aromatic rings. The van der Waals surface area contributed by atoms with Crippen LogP contribution in [0.5, 0.6) is 0 Å². The van der Waals surface area contributed by atoms with Crippen molar-refractivity contribution in [3.8, 4) is 11.4 Å². The Hall–Kier alpha value is -2.56. The average Bonchev–Trinajstić information content (AvgIpc) is 3.44. The zero-order valence-corrected chi connectivity index (χ0v) is 16.6. The number of ketones is 1. The average molecular weight is 386 g/mol. The minimum absolute atomic E-state index is 0.206. The van der Waals surface area contributed by atoms with Crippen molar-refractivity contribution in [2.45, 2.75) is 57.3 Å². The van der Waals surface area contributed by atoms with Gasteiger partial charge in [-0.3, -0.25) is 4.79 Å². The van der Waals surface area contributed by atoms with E-state index >= 15 is 0 Å². The highest BCUT2D eigenvalue weighted by atomic mass is 16.1. The predicted molar refractivity (Wildman–Crippen MR) is 110 cm³/mol. The fraction of sp³-hybridized carbons (Fsp3) is 0.500. The molecule has 0 spiro atoms. The van der Waals surface area contributed by atoms with Crippen LogP contribution in [-0.2, 0) is 4.79 Å². The number of H-pyrrole nitrogens is 1. The van der Waals surface area contributed by atoms with Crippen molar-refractivity contribution in [1.29, 1.82) is 0 Å². The van der Waals surface area contributed by atoms with E-state index in [-0.39, 0.29) is 11.7 Å². The van der Waals surface area contributed by atoms with Crippen LogP contribution < -0.4 is 0 Å². The molecule has 6 rings (SSSR count). The number of aromatic amines is 1. The van der Waals surface area contributed by atoms with Gasteiger partial charge in [-0.2, -0.15) is 5.21 Å². The maximum Gasteiger partial charge on any atom is 0.204 e. The van der Waals surface area contributed by atoms with E-state index in [2.05, 4.69) is 44.9 Å². The van der Waals surface area contributed by atoms with E-state index in [1.165, 1.54) is 55.2 Å². The topological polar surface area (TPSA) is 71.5 Å². The van der Waals surface area contributed by atoms with Gasteiger partial charge in [-0.05, 0) is 77.9 Å². The van der Waals surface area contributed by atoms with Gasteiger partial charge in [0.1, 0.15) is 0 Å². The number of fused-ring (bicyclic) bond motifs is 4. The summed E-state index contributed by atoms with van der Waals surface area (Å²) in [6.07, 6.45) is 11.7. The first-order valence-electron chi connectivity index (χ1n) is 11.1. The van der Waals surface area contributed by atoms with E-state index in [1.54, 1.807) is 5.57 Å². The van der Waals surface area contributed by atoms with Gasteiger partial charge in [0, 0.05) is 17.9 Å². The van der Waals surface area contributed by atoms with E-state index < -0.39 is 0 Å². The van der Waals surface area contributed by atoms with Crippen molar-refractivity contribution in [2.75, 3.05) is 0 Å². The maximum atomic E-state index is 12.6. The number of benzene rings is 1. The lowest BCUT2D eigenvalue weighted by Gasteiger charge is -2.44. The van der Waals surface area contributed by atoms with Crippen LogP contribution >= 0.6 is 0 Å². The molecular weight excluding hydrogens is 360 g/mol. The molecule has 4 unspecified atom stereocenters. The second-order valence-electron chi connectivity index (χ2n) is 9.23. The molecule has 0 aliphatic heterocycles. The van der Waals surface area contributed by atoms with Crippen molar-refractivity contribution < 1.29 is 4.79 Å². The highest BCUT2D eigenvalue weighted by Crippen LogP contribution is 2.56. The molecule has 0 saturated heterocycles. The molecule has 4 atom stereocenters. The van der Waals surface area contributed by atoms with Crippen LogP contribution in [0.15, 0.2) is 47.1 Å². The lowest BCUT2D eigenvalue weighted by atomic mass is 9.61. The van der Waals surface area contributed by atoms with Crippen molar-refractivity contribution in [3.63, 3.8) is 0 Å². The highest BCUT2D eigenvalue weighted by Gasteiger charge is 2.44. The summed E-state index contributed by atoms with van der Waals surface area (Å²) >= 11 is 0. The minimum Gasteiger partial charge on any atom is -0.295 e. The van der Waals surface area contributed by atoms with Crippen LogP contribution in [0.3, 0.4) is 0 Å². The van der Waals surface area contributed by atoms with Crippen LogP contribution in [0.1, 0.15) is 62.8 Å². The van der Waals surface area contributed by atoms with Crippen molar-refractivity contribution in [3.05, 3.63) is 52.6 Å². The Labute approximate surface area is 170 Å². The Morgan fingerprint density at radius 3 is 2.72 bits per heavy atom. The van der Waals surface area contributed by atoms with Gasteiger partial charge in [0.05, 0.1) is 0 Å². The maximum absolute atomic E-state index is 12.6. The van der Waals surface area contributed by atoms with Crippen molar-refractivity contribution >= 4 is 5.78 Å². The van der Waals surface area contributed by atoms with E-state index in [9.17, 15) is 4.79 Å². The molecule has 4 aliphatic carbocycles. The van der Waals surface area contributed by atoms with E-state index in [0.29, 0.717) is 12.2 Å². The van der Waals surface area contributed by atoms with Gasteiger partial charge in [0.2, 0.25) is 5.82 Å². The molecule has 5 nitrogen and oxygen atoms in total. The molecule has 1 aromatic carbocycles. The first-order chi connectivity index (χ1) is 14.3. The van der Waals surface area contributed by atoms with Crippen LogP contribution in [-0.4, -0.2) is 26.4 Å². The van der Waals surface area contributed by atoms with Gasteiger partial charge < -0.3 is 0 Å². The summed E-state index contributed by atoms with van der Waals surface area (Å²) in [5.74, 6) is 3.70. The minimum atomic E-state index is 0.206. The number of nitrogens with one attached hydrogen (secondary N) is 1. The SMILES string of the molecule is O=C1C=C2CCC3C(=C2C(c2ccc(-c4nn[nH]n4)cc2)C1)CCC1CCCC13. The lowest BCUT2D eigenvalue weighted by Crippen LogP contribution is -2.32. The number of carbonyl (C=O) groups excluding carboxylic acids is 1. The fourth-order valence-corrected chi connectivity index (χ4v) is 6.70. The molecule has 1 N–H and O–H groups in total. The van der Waals surface area contributed by atoms with E-state index in [1.807, 2.05) is 6.08 Å². The molecule has 2 fully saturated rings. The van der Waals surface area contributed by atoms with Gasteiger partial charge in [0.25, 0.3) is 0 Å². The molecule has 5 heteroatoms. The smallest absolute Gasteiger partial charge is 0.204 e. The summed E-state index contributed by atoms with van der Waals surface area (Å²) in [5, 5.41) is 14.3. The first-order valence-corrected chi connectivity index (χ1v) is 11.1. The molecule has 0 bridgehead atoms. The van der Waals surface area contributed by atoms with Gasteiger partial charge >= 0.3 is 0 Å². The summed E-state index contributed by atoms with van der Waals surface area (Å²) in [6.45, 7) is 0. The number of nitrogens with zero attached hydrogens (tertiary/aromatic N) is 3. The number of rotatable bonds is 2. The van der Waals surface area contributed by atoms with Crippen LogP contribution in [0.4, 0.5) is 0 Å². The van der Waals surface area contributed by atoms with Crippen LogP contribution in [0.25, 0.3) is 11.4 Å². The molecule has 1 aromatic heterocycles. The third-order valence-electron chi connectivity index (χ3n) is 7.89. The molecule has 0 radical (unpaired) electrons. The summed E-state index contributed by atoms with van der Waals surface area (Å²) in [7, 11) is 0. The van der Waals surface area contributed by atoms with Gasteiger partial charge in [0.15, 0.2) is 5.78 Å². The Balaban J connectivity index is 1.41. The van der Waals surface area contributed by atoms with Gasteiger partial charge in [-0.1, -0.05) is 42.7 Å². The zero-order valence-electron chi connectivity index (χ0n) is 16.6. The summed E-state index contributed by atoms with van der Waals surface area (Å²) in [4.78, 5) is 12.6. The molecule has 29 heavy (non-hydrogen) atoms. The largest absolute Gasteiger partial charge is 0.295 e. The third kappa shape index (κ3) is 2.82. The summed E-state index contributed by atoms with van der Waals surface area (Å²) in [5.41, 5.74) is 6.75. The second-order valence-corrected chi connectivity index (χ2v) is 9.23.